The summed E-state index contributed by atoms with van der Waals surface area (Å²) < 4.78 is 19.3. The van der Waals surface area contributed by atoms with Gasteiger partial charge < -0.3 is 4.52 Å². The van der Waals surface area contributed by atoms with Crippen molar-refractivity contribution < 1.29 is 8.73 Å². The lowest BCUT2D eigenvalue weighted by Crippen LogP contribution is -2.32. The predicted octanol–water partition coefficient (Wildman–Crippen LogP) is 2.00. The number of nitrogens with zero attached hydrogens (tertiary/aromatic N) is 5. The number of rotatable bonds is 1. The van der Waals surface area contributed by atoms with Gasteiger partial charge in [-0.1, -0.05) is 19.0 Å². The lowest BCUT2D eigenvalue weighted by molar-refractivity contribution is 0.418. The zero-order valence-electron chi connectivity index (χ0n) is 12.8. The van der Waals surface area contributed by atoms with Crippen molar-refractivity contribution in [1.29, 1.82) is 0 Å². The van der Waals surface area contributed by atoms with Gasteiger partial charge in [0.25, 0.3) is 5.56 Å². The van der Waals surface area contributed by atoms with Crippen molar-refractivity contribution in [2.75, 3.05) is 0 Å². The van der Waals surface area contributed by atoms with E-state index in [0.717, 1.165) is 24.6 Å². The van der Waals surface area contributed by atoms with Crippen LogP contribution in [0.2, 0.25) is 0 Å². The second-order valence-corrected chi connectivity index (χ2v) is 7.72. The molecular formula is C16H17N5O3S. The van der Waals surface area contributed by atoms with Crippen LogP contribution in [0.4, 0.5) is 0 Å². The van der Waals surface area contributed by atoms with Crippen molar-refractivity contribution in [3.05, 3.63) is 28.5 Å². The minimum atomic E-state index is -1.30. The fourth-order valence-corrected chi connectivity index (χ4v) is 5.38. The highest BCUT2D eigenvalue weighted by Crippen LogP contribution is 2.39. The monoisotopic (exact) mass is 359 g/mol. The topological polar surface area (TPSA) is 104 Å². The highest BCUT2D eigenvalue weighted by Gasteiger charge is 2.40. The lowest BCUT2D eigenvalue weighted by atomic mass is 10.1. The molecule has 0 radical (unpaired) electrons. The molecule has 5 rings (SSSR count). The number of hydrogen-bond acceptors (Lipinski definition) is 7. The number of fused-ring (bicyclic) bond motifs is 3. The Morgan fingerprint density at radius 3 is 2.92 bits per heavy atom. The summed E-state index contributed by atoms with van der Waals surface area (Å²) in [5.74, 6) is 0.257. The van der Waals surface area contributed by atoms with Crippen LogP contribution in [0.3, 0.4) is 0 Å². The summed E-state index contributed by atoms with van der Waals surface area (Å²) in [5, 5.41) is 4.77. The summed E-state index contributed by atoms with van der Waals surface area (Å²) in [7, 11) is -1.30. The summed E-state index contributed by atoms with van der Waals surface area (Å²) in [6, 6.07) is -0.138. The van der Waals surface area contributed by atoms with E-state index in [1.807, 2.05) is 6.92 Å². The standard InChI is InChI=1S/C15H13N5O3S.CH4/c1-7-8-5-16-15-18-13(8)20(9-3-2-4-10(9)24(15)22)14(21)11(7)12-17-6-23-19-12;/h5-6,9-10H,2-4H2,1H3;1H4. The molecule has 1 fully saturated rings. The second kappa shape index (κ2) is 5.55. The Morgan fingerprint density at radius 2 is 2.16 bits per heavy atom. The lowest BCUT2D eigenvalue weighted by Gasteiger charge is -2.20. The molecule has 3 unspecified atom stereocenters. The molecule has 9 heteroatoms. The van der Waals surface area contributed by atoms with Crippen molar-refractivity contribution in [2.45, 2.75) is 50.1 Å². The van der Waals surface area contributed by atoms with Crippen LogP contribution < -0.4 is 5.56 Å². The smallest absolute Gasteiger partial charge is 0.264 e. The fourth-order valence-electron chi connectivity index (χ4n) is 3.85. The first kappa shape index (κ1) is 16.1. The van der Waals surface area contributed by atoms with E-state index in [2.05, 4.69) is 20.1 Å². The molecular weight excluding hydrogens is 342 g/mol. The Balaban J connectivity index is 0.00000157. The van der Waals surface area contributed by atoms with E-state index in [1.54, 1.807) is 10.8 Å². The van der Waals surface area contributed by atoms with Gasteiger partial charge in [0.1, 0.15) is 5.65 Å². The summed E-state index contributed by atoms with van der Waals surface area (Å²) in [6.07, 6.45) is 5.39. The van der Waals surface area contributed by atoms with Crippen molar-refractivity contribution in [3.8, 4) is 11.4 Å². The van der Waals surface area contributed by atoms with Gasteiger partial charge in [0.05, 0.1) is 27.7 Å². The molecule has 0 saturated heterocycles. The van der Waals surface area contributed by atoms with Crippen LogP contribution in [-0.2, 0) is 10.8 Å². The maximum absolute atomic E-state index is 13.2. The van der Waals surface area contributed by atoms with Crippen molar-refractivity contribution in [2.24, 2.45) is 0 Å². The SMILES string of the molecule is C.Cc1c(-c2ncon2)c(=O)n2c3nc(ncc13)S(=O)C1CCCC12. The van der Waals surface area contributed by atoms with E-state index in [4.69, 9.17) is 4.52 Å². The van der Waals surface area contributed by atoms with Crippen LogP contribution in [0.5, 0.6) is 0 Å². The minimum Gasteiger partial charge on any atom is -0.342 e. The molecule has 3 aromatic rings. The number of hydrogen-bond donors (Lipinski definition) is 0. The van der Waals surface area contributed by atoms with Gasteiger partial charge in [0.2, 0.25) is 17.4 Å². The molecule has 4 heterocycles. The fraction of sp³-hybridized carbons (Fsp3) is 0.438. The number of aryl methyl sites for hydroxylation is 1. The molecule has 2 bridgehead atoms. The van der Waals surface area contributed by atoms with Crippen molar-refractivity contribution >= 4 is 21.8 Å². The van der Waals surface area contributed by atoms with E-state index in [-0.39, 0.29) is 30.1 Å². The molecule has 0 amide bonds. The molecule has 0 N–H and O–H groups in total. The first-order chi connectivity index (χ1) is 11.7. The molecule has 8 nitrogen and oxygen atoms in total. The zero-order valence-corrected chi connectivity index (χ0v) is 13.6. The average Bonchev–Trinajstić information content (AvgIpc) is 3.24. The van der Waals surface area contributed by atoms with Crippen LogP contribution in [0.1, 0.15) is 38.3 Å². The Labute approximate surface area is 145 Å². The molecule has 1 aliphatic carbocycles. The maximum Gasteiger partial charge on any atom is 0.264 e. The molecule has 3 aromatic heterocycles. The van der Waals surface area contributed by atoms with E-state index in [0.29, 0.717) is 21.9 Å². The van der Waals surface area contributed by atoms with E-state index in [9.17, 15) is 9.00 Å². The second-order valence-electron chi connectivity index (χ2n) is 6.15. The van der Waals surface area contributed by atoms with Crippen molar-refractivity contribution in [3.63, 3.8) is 0 Å². The zero-order chi connectivity index (χ0) is 16.4. The van der Waals surface area contributed by atoms with Gasteiger partial charge in [0, 0.05) is 11.6 Å². The van der Waals surface area contributed by atoms with Crippen LogP contribution in [0.15, 0.2) is 27.1 Å². The summed E-state index contributed by atoms with van der Waals surface area (Å²) in [5.41, 5.74) is 1.45. The van der Waals surface area contributed by atoms with Gasteiger partial charge in [0.15, 0.2) is 0 Å². The Kier molecular flexibility index (Phi) is 3.57. The van der Waals surface area contributed by atoms with Crippen LogP contribution in [0, 0.1) is 6.92 Å². The molecule has 25 heavy (non-hydrogen) atoms. The molecule has 2 aliphatic rings. The largest absolute Gasteiger partial charge is 0.342 e. The quantitative estimate of drug-likeness (QED) is 0.612. The van der Waals surface area contributed by atoms with E-state index in [1.165, 1.54) is 6.39 Å². The maximum atomic E-state index is 13.2. The van der Waals surface area contributed by atoms with Crippen LogP contribution in [0.25, 0.3) is 22.4 Å². The van der Waals surface area contributed by atoms with Gasteiger partial charge in [-0.25, -0.2) is 9.97 Å². The van der Waals surface area contributed by atoms with Crippen LogP contribution >= 0.6 is 0 Å². The van der Waals surface area contributed by atoms with Gasteiger partial charge in [-0.05, 0) is 25.3 Å². The molecule has 1 saturated carbocycles. The summed E-state index contributed by atoms with van der Waals surface area (Å²) >= 11 is 0. The Bertz CT molecular complexity index is 1060. The first-order valence-corrected chi connectivity index (χ1v) is 8.97. The van der Waals surface area contributed by atoms with Gasteiger partial charge in [-0.2, -0.15) is 4.98 Å². The summed E-state index contributed by atoms with van der Waals surface area (Å²) in [4.78, 5) is 26.0. The van der Waals surface area contributed by atoms with Gasteiger partial charge in [-0.15, -0.1) is 0 Å². The highest BCUT2D eigenvalue weighted by molar-refractivity contribution is 7.85. The van der Waals surface area contributed by atoms with Gasteiger partial charge in [-0.3, -0.25) is 13.6 Å². The Morgan fingerprint density at radius 1 is 1.32 bits per heavy atom. The third-order valence-electron chi connectivity index (χ3n) is 4.98. The van der Waals surface area contributed by atoms with Gasteiger partial charge >= 0.3 is 0 Å². The average molecular weight is 359 g/mol. The summed E-state index contributed by atoms with van der Waals surface area (Å²) in [6.45, 7) is 1.82. The minimum absolute atomic E-state index is 0. The molecule has 0 spiro atoms. The third kappa shape index (κ3) is 2.05. The highest BCUT2D eigenvalue weighted by atomic mass is 32.2. The van der Waals surface area contributed by atoms with E-state index >= 15 is 0 Å². The molecule has 1 aliphatic heterocycles. The van der Waals surface area contributed by atoms with Crippen LogP contribution in [-0.4, -0.2) is 34.1 Å². The van der Waals surface area contributed by atoms with Crippen molar-refractivity contribution in [1.82, 2.24) is 24.7 Å². The third-order valence-corrected chi connectivity index (χ3v) is 6.63. The number of pyridine rings is 1. The number of aromatic nitrogens is 5. The molecule has 3 atom stereocenters. The predicted molar refractivity (Wildman–Crippen MR) is 91.6 cm³/mol. The normalized spacial score (nSPS) is 24.1. The van der Waals surface area contributed by atoms with E-state index < -0.39 is 10.8 Å². The molecule has 0 aromatic carbocycles. The molecule has 130 valence electrons. The first-order valence-electron chi connectivity index (χ1n) is 7.76. The Hall–Kier alpha value is -2.42.